The quantitative estimate of drug-likeness (QED) is 0.769. The summed E-state index contributed by atoms with van der Waals surface area (Å²) >= 11 is 0. The number of nitrogens with zero attached hydrogens (tertiary/aromatic N) is 1. The number of carbonyl (C=O) groups is 1. The largest absolute Gasteiger partial charge is 0.466 e. The minimum atomic E-state index is -0.0268. The number of hydrogen-bond acceptors (Lipinski definition) is 3. The van der Waals surface area contributed by atoms with Crippen molar-refractivity contribution in [3.8, 4) is 0 Å². The zero-order valence-corrected chi connectivity index (χ0v) is 11.2. The van der Waals surface area contributed by atoms with Crippen molar-refractivity contribution in [2.24, 2.45) is 5.92 Å². The van der Waals surface area contributed by atoms with E-state index in [1.54, 1.807) is 0 Å². The summed E-state index contributed by atoms with van der Waals surface area (Å²) < 4.78 is 5.08. The first kappa shape index (κ1) is 12.9. The van der Waals surface area contributed by atoms with Crippen LogP contribution >= 0.6 is 0 Å². The Morgan fingerprint density at radius 2 is 1.89 bits per heavy atom. The molecule has 0 unspecified atom stereocenters. The van der Waals surface area contributed by atoms with E-state index in [9.17, 15) is 4.79 Å². The van der Waals surface area contributed by atoms with E-state index in [-0.39, 0.29) is 11.9 Å². The molecule has 0 spiro atoms. The SMILES string of the molecule is CCOC(=O)C1CCN(c2ccc(C)cc2)CC1. The van der Waals surface area contributed by atoms with Gasteiger partial charge in [-0.2, -0.15) is 0 Å². The number of rotatable bonds is 3. The van der Waals surface area contributed by atoms with Crippen molar-refractivity contribution in [3.63, 3.8) is 0 Å². The van der Waals surface area contributed by atoms with Crippen LogP contribution in [0.15, 0.2) is 24.3 Å². The van der Waals surface area contributed by atoms with Gasteiger partial charge in [-0.25, -0.2) is 0 Å². The molecule has 18 heavy (non-hydrogen) atoms. The Labute approximate surface area is 109 Å². The lowest BCUT2D eigenvalue weighted by molar-refractivity contribution is -0.148. The van der Waals surface area contributed by atoms with Crippen LogP contribution in [0.5, 0.6) is 0 Å². The average Bonchev–Trinajstić information content (AvgIpc) is 2.40. The van der Waals surface area contributed by atoms with E-state index in [2.05, 4.69) is 36.1 Å². The Hall–Kier alpha value is -1.51. The molecule has 0 bridgehead atoms. The van der Waals surface area contributed by atoms with Gasteiger partial charge in [0.05, 0.1) is 12.5 Å². The molecule has 0 amide bonds. The smallest absolute Gasteiger partial charge is 0.309 e. The van der Waals surface area contributed by atoms with E-state index in [0.717, 1.165) is 25.9 Å². The van der Waals surface area contributed by atoms with Gasteiger partial charge < -0.3 is 9.64 Å². The molecule has 3 heteroatoms. The predicted octanol–water partition coefficient (Wildman–Crippen LogP) is 2.77. The molecular formula is C15H21NO2. The molecule has 0 saturated carbocycles. The second-order valence-corrected chi connectivity index (χ2v) is 4.85. The molecule has 0 aromatic heterocycles. The molecule has 0 aliphatic carbocycles. The maximum Gasteiger partial charge on any atom is 0.309 e. The van der Waals surface area contributed by atoms with E-state index in [1.165, 1.54) is 11.3 Å². The summed E-state index contributed by atoms with van der Waals surface area (Å²) in [7, 11) is 0. The third kappa shape index (κ3) is 3.03. The van der Waals surface area contributed by atoms with Crippen molar-refractivity contribution >= 4 is 11.7 Å². The van der Waals surface area contributed by atoms with Crippen LogP contribution in [-0.4, -0.2) is 25.7 Å². The molecule has 98 valence electrons. The second kappa shape index (κ2) is 5.89. The van der Waals surface area contributed by atoms with E-state index in [1.807, 2.05) is 6.92 Å². The normalized spacial score (nSPS) is 16.7. The Kier molecular flexibility index (Phi) is 4.24. The van der Waals surface area contributed by atoms with E-state index >= 15 is 0 Å². The van der Waals surface area contributed by atoms with Crippen LogP contribution in [0.4, 0.5) is 5.69 Å². The highest BCUT2D eigenvalue weighted by molar-refractivity contribution is 5.72. The number of ether oxygens (including phenoxy) is 1. The van der Waals surface area contributed by atoms with Crippen LogP contribution < -0.4 is 4.90 Å². The van der Waals surface area contributed by atoms with Crippen molar-refractivity contribution in [1.29, 1.82) is 0 Å². The predicted molar refractivity (Wildman–Crippen MR) is 72.7 cm³/mol. The molecule has 1 heterocycles. The molecule has 0 N–H and O–H groups in total. The van der Waals surface area contributed by atoms with Gasteiger partial charge in [0.1, 0.15) is 0 Å². The van der Waals surface area contributed by atoms with Crippen LogP contribution in [0.2, 0.25) is 0 Å². The summed E-state index contributed by atoms with van der Waals surface area (Å²) in [6.07, 6.45) is 1.79. The molecule has 0 atom stereocenters. The van der Waals surface area contributed by atoms with Gasteiger partial charge in [-0.05, 0) is 38.8 Å². The molecule has 1 saturated heterocycles. The number of benzene rings is 1. The third-order valence-electron chi connectivity index (χ3n) is 3.51. The number of esters is 1. The third-order valence-corrected chi connectivity index (χ3v) is 3.51. The van der Waals surface area contributed by atoms with Crippen molar-refractivity contribution < 1.29 is 9.53 Å². The van der Waals surface area contributed by atoms with Crippen LogP contribution in [0.3, 0.4) is 0 Å². The molecule has 1 aromatic rings. The Morgan fingerprint density at radius 3 is 2.44 bits per heavy atom. The fraction of sp³-hybridized carbons (Fsp3) is 0.533. The van der Waals surface area contributed by atoms with Gasteiger partial charge in [0.2, 0.25) is 0 Å². The van der Waals surface area contributed by atoms with Gasteiger partial charge in [0.25, 0.3) is 0 Å². The standard InChI is InChI=1S/C15H21NO2/c1-3-18-15(17)13-8-10-16(11-9-13)14-6-4-12(2)5-7-14/h4-7,13H,3,8-11H2,1-2H3. The van der Waals surface area contributed by atoms with Crippen molar-refractivity contribution in [2.45, 2.75) is 26.7 Å². The molecule has 1 fully saturated rings. The van der Waals surface area contributed by atoms with Gasteiger partial charge in [-0.15, -0.1) is 0 Å². The fourth-order valence-electron chi connectivity index (χ4n) is 2.39. The Balaban J connectivity index is 1.90. The average molecular weight is 247 g/mol. The highest BCUT2D eigenvalue weighted by Gasteiger charge is 2.25. The second-order valence-electron chi connectivity index (χ2n) is 4.85. The van der Waals surface area contributed by atoms with Crippen LogP contribution in [0, 0.1) is 12.8 Å². The van der Waals surface area contributed by atoms with Gasteiger partial charge in [0, 0.05) is 18.8 Å². The van der Waals surface area contributed by atoms with E-state index in [0.29, 0.717) is 6.61 Å². The highest BCUT2D eigenvalue weighted by atomic mass is 16.5. The molecule has 1 aromatic carbocycles. The summed E-state index contributed by atoms with van der Waals surface area (Å²) in [4.78, 5) is 14.0. The van der Waals surface area contributed by atoms with Crippen LogP contribution in [0.25, 0.3) is 0 Å². The lowest BCUT2D eigenvalue weighted by atomic mass is 9.96. The summed E-state index contributed by atoms with van der Waals surface area (Å²) in [6, 6.07) is 8.57. The lowest BCUT2D eigenvalue weighted by Gasteiger charge is -2.32. The topological polar surface area (TPSA) is 29.5 Å². The van der Waals surface area contributed by atoms with Gasteiger partial charge in [-0.3, -0.25) is 4.79 Å². The minimum Gasteiger partial charge on any atom is -0.466 e. The van der Waals surface area contributed by atoms with E-state index < -0.39 is 0 Å². The number of anilines is 1. The number of aryl methyl sites for hydroxylation is 1. The van der Waals surface area contributed by atoms with Crippen molar-refractivity contribution in [3.05, 3.63) is 29.8 Å². The Bertz CT molecular complexity index is 391. The number of piperidine rings is 1. The molecule has 1 aliphatic rings. The summed E-state index contributed by atoms with van der Waals surface area (Å²) in [5.41, 5.74) is 2.53. The first-order valence-corrected chi connectivity index (χ1v) is 6.69. The molecule has 2 rings (SSSR count). The maximum atomic E-state index is 11.6. The fourth-order valence-corrected chi connectivity index (χ4v) is 2.39. The van der Waals surface area contributed by atoms with Gasteiger partial charge in [0.15, 0.2) is 0 Å². The molecule has 1 aliphatic heterocycles. The van der Waals surface area contributed by atoms with E-state index in [4.69, 9.17) is 4.74 Å². The lowest BCUT2D eigenvalue weighted by Crippen LogP contribution is -2.36. The van der Waals surface area contributed by atoms with Gasteiger partial charge in [-0.1, -0.05) is 17.7 Å². The maximum absolute atomic E-state index is 11.6. The first-order valence-electron chi connectivity index (χ1n) is 6.69. The summed E-state index contributed by atoms with van der Waals surface area (Å²) in [6.45, 7) is 6.31. The zero-order valence-electron chi connectivity index (χ0n) is 11.2. The van der Waals surface area contributed by atoms with Gasteiger partial charge >= 0.3 is 5.97 Å². The monoisotopic (exact) mass is 247 g/mol. The highest BCUT2D eigenvalue weighted by Crippen LogP contribution is 2.24. The van der Waals surface area contributed by atoms with Crippen LogP contribution in [0.1, 0.15) is 25.3 Å². The first-order chi connectivity index (χ1) is 8.70. The molecular weight excluding hydrogens is 226 g/mol. The minimum absolute atomic E-state index is 0.0268. The van der Waals surface area contributed by atoms with Crippen LogP contribution in [-0.2, 0) is 9.53 Å². The van der Waals surface area contributed by atoms with Crippen molar-refractivity contribution in [2.75, 3.05) is 24.6 Å². The van der Waals surface area contributed by atoms with Crippen molar-refractivity contribution in [1.82, 2.24) is 0 Å². The summed E-state index contributed by atoms with van der Waals surface area (Å²) in [5, 5.41) is 0. The molecule has 0 radical (unpaired) electrons. The Morgan fingerprint density at radius 1 is 1.28 bits per heavy atom. The number of carbonyl (C=O) groups excluding carboxylic acids is 1. The summed E-state index contributed by atoms with van der Waals surface area (Å²) in [5.74, 6) is 0.0627. The number of hydrogen-bond donors (Lipinski definition) is 0. The molecule has 3 nitrogen and oxygen atoms in total. The zero-order chi connectivity index (χ0) is 13.0.